The molecule has 1 aromatic heterocycles. The molecular weight excluding hydrogens is 191 g/mol. The first kappa shape index (κ1) is 9.49. The van der Waals surface area contributed by atoms with Gasteiger partial charge in [0, 0.05) is 0 Å². The van der Waals surface area contributed by atoms with Crippen molar-refractivity contribution in [2.24, 2.45) is 0 Å². The quantitative estimate of drug-likeness (QED) is 0.546. The van der Waals surface area contributed by atoms with Crippen LogP contribution in [0.15, 0.2) is 0 Å². The van der Waals surface area contributed by atoms with E-state index >= 15 is 0 Å². The average Bonchev–Trinajstić information content (AvgIpc) is 2.28. The van der Waals surface area contributed by atoms with Crippen molar-refractivity contribution in [2.45, 2.75) is 13.1 Å². The lowest BCUT2D eigenvalue weighted by Gasteiger charge is -1.99. The second kappa shape index (κ2) is 2.71. The van der Waals surface area contributed by atoms with Gasteiger partial charge in [-0.1, -0.05) is 0 Å². The van der Waals surface area contributed by atoms with Crippen molar-refractivity contribution in [1.82, 2.24) is 10.2 Å². The zero-order valence-corrected chi connectivity index (χ0v) is 6.34. The Bertz CT molecular complexity index is 343. The summed E-state index contributed by atoms with van der Waals surface area (Å²) in [5.74, 6) is 0. The second-order valence-electron chi connectivity index (χ2n) is 2.30. The summed E-state index contributed by atoms with van der Waals surface area (Å²) in [7, 11) is 0. The fraction of sp³-hybridized carbons (Fsp3) is 0.400. The maximum absolute atomic E-state index is 12.0. The number of nitrogens with zero attached hydrogens (tertiary/aromatic N) is 2. The number of hydrogen-bond donors (Lipinski definition) is 1. The molecule has 5 nitrogen and oxygen atoms in total. The number of alkyl halides is 3. The lowest BCUT2D eigenvalue weighted by atomic mass is 10.3. The molecule has 72 valence electrons. The molecule has 0 bridgehead atoms. The molecule has 8 heteroatoms. The molecule has 1 heterocycles. The molecule has 0 saturated carbocycles. The Kier molecular flexibility index (Phi) is 1.98. The summed E-state index contributed by atoms with van der Waals surface area (Å²) in [5, 5.41) is 14.9. The monoisotopic (exact) mass is 195 g/mol. The Balaban J connectivity index is 3.31. The second-order valence-corrected chi connectivity index (χ2v) is 2.30. The maximum Gasteiger partial charge on any atom is 0.442 e. The minimum absolute atomic E-state index is 0.211. The Morgan fingerprint density at radius 2 is 2.08 bits per heavy atom. The third-order valence-corrected chi connectivity index (χ3v) is 1.37. The van der Waals surface area contributed by atoms with Crippen LogP contribution in [0.2, 0.25) is 0 Å². The van der Waals surface area contributed by atoms with Gasteiger partial charge in [0.15, 0.2) is 0 Å². The van der Waals surface area contributed by atoms with Crippen molar-refractivity contribution >= 4 is 5.69 Å². The van der Waals surface area contributed by atoms with Crippen molar-refractivity contribution in [2.75, 3.05) is 0 Å². The summed E-state index contributed by atoms with van der Waals surface area (Å²) in [6.07, 6.45) is -4.80. The van der Waals surface area contributed by atoms with Crippen molar-refractivity contribution in [3.63, 3.8) is 0 Å². The van der Waals surface area contributed by atoms with E-state index in [0.717, 1.165) is 6.92 Å². The fourth-order valence-corrected chi connectivity index (χ4v) is 0.844. The minimum Gasteiger partial charge on any atom is -0.275 e. The molecule has 0 radical (unpaired) electrons. The summed E-state index contributed by atoms with van der Waals surface area (Å²) in [6.45, 7) is 1.15. The van der Waals surface area contributed by atoms with Crippen LogP contribution in [-0.2, 0) is 6.18 Å². The molecule has 0 fully saturated rings. The molecule has 1 rings (SSSR count). The summed E-state index contributed by atoms with van der Waals surface area (Å²) in [6, 6.07) is 0. The number of H-pyrrole nitrogens is 1. The van der Waals surface area contributed by atoms with Gasteiger partial charge in [-0.15, -0.1) is 0 Å². The van der Waals surface area contributed by atoms with Crippen LogP contribution in [0.1, 0.15) is 11.4 Å². The maximum atomic E-state index is 12.0. The Hall–Kier alpha value is -1.60. The lowest BCUT2D eigenvalue weighted by molar-refractivity contribution is -0.388. The fourth-order valence-electron chi connectivity index (χ4n) is 0.844. The molecule has 0 aliphatic carbocycles. The van der Waals surface area contributed by atoms with E-state index in [1.807, 2.05) is 5.10 Å². The third kappa shape index (κ3) is 1.60. The minimum atomic E-state index is -4.80. The van der Waals surface area contributed by atoms with E-state index in [2.05, 4.69) is 5.10 Å². The van der Waals surface area contributed by atoms with Gasteiger partial charge in [-0.05, 0) is 6.92 Å². The molecule has 1 N–H and O–H groups in total. The van der Waals surface area contributed by atoms with Crippen molar-refractivity contribution < 1.29 is 18.1 Å². The van der Waals surface area contributed by atoms with Gasteiger partial charge in [0.25, 0.3) is 0 Å². The zero-order chi connectivity index (χ0) is 10.2. The van der Waals surface area contributed by atoms with E-state index in [9.17, 15) is 23.3 Å². The number of aryl methyl sites for hydroxylation is 1. The summed E-state index contributed by atoms with van der Waals surface area (Å²) >= 11 is 0. The van der Waals surface area contributed by atoms with E-state index in [-0.39, 0.29) is 5.69 Å². The Morgan fingerprint density at radius 1 is 1.54 bits per heavy atom. The van der Waals surface area contributed by atoms with Crippen molar-refractivity contribution in [3.8, 4) is 0 Å². The van der Waals surface area contributed by atoms with E-state index in [1.54, 1.807) is 0 Å². The van der Waals surface area contributed by atoms with Gasteiger partial charge in [0.2, 0.25) is 5.69 Å². The van der Waals surface area contributed by atoms with E-state index in [1.165, 1.54) is 0 Å². The Labute approximate surface area is 69.7 Å². The molecule has 1 aromatic rings. The summed E-state index contributed by atoms with van der Waals surface area (Å²) in [4.78, 5) is 9.09. The van der Waals surface area contributed by atoms with Crippen LogP contribution in [0.5, 0.6) is 0 Å². The van der Waals surface area contributed by atoms with Crippen LogP contribution in [-0.4, -0.2) is 15.1 Å². The first-order valence-corrected chi connectivity index (χ1v) is 3.10. The van der Waals surface area contributed by atoms with Gasteiger partial charge in [0.05, 0.1) is 4.92 Å². The number of aromatic nitrogens is 2. The van der Waals surface area contributed by atoms with E-state index in [0.29, 0.717) is 0 Å². The third-order valence-electron chi connectivity index (χ3n) is 1.37. The zero-order valence-electron chi connectivity index (χ0n) is 6.34. The molecular formula is C5H4F3N3O2. The topological polar surface area (TPSA) is 71.8 Å². The molecule has 0 aliphatic rings. The molecule has 0 aliphatic heterocycles. The first-order chi connectivity index (χ1) is 5.84. The number of hydrogen-bond acceptors (Lipinski definition) is 3. The normalized spacial score (nSPS) is 11.7. The number of aromatic amines is 1. The highest BCUT2D eigenvalue weighted by Crippen LogP contribution is 2.35. The predicted octanol–water partition coefficient (Wildman–Crippen LogP) is 1.65. The number of rotatable bonds is 1. The first-order valence-electron chi connectivity index (χ1n) is 3.10. The van der Waals surface area contributed by atoms with Gasteiger partial charge in [-0.25, -0.2) is 0 Å². The number of nitro groups is 1. The molecule has 0 amide bonds. The van der Waals surface area contributed by atoms with Crippen LogP contribution in [0, 0.1) is 17.0 Å². The van der Waals surface area contributed by atoms with E-state index in [4.69, 9.17) is 0 Å². The highest BCUT2D eigenvalue weighted by atomic mass is 19.4. The van der Waals surface area contributed by atoms with Crippen LogP contribution in [0.3, 0.4) is 0 Å². The Morgan fingerprint density at radius 3 is 2.38 bits per heavy atom. The molecule has 0 atom stereocenters. The van der Waals surface area contributed by atoms with Crippen LogP contribution in [0.25, 0.3) is 0 Å². The molecule has 0 unspecified atom stereocenters. The van der Waals surface area contributed by atoms with Gasteiger partial charge >= 0.3 is 11.9 Å². The molecule has 13 heavy (non-hydrogen) atoms. The van der Waals surface area contributed by atoms with Crippen LogP contribution in [0.4, 0.5) is 18.9 Å². The molecule has 0 saturated heterocycles. The summed E-state index contributed by atoms with van der Waals surface area (Å²) < 4.78 is 36.1. The van der Waals surface area contributed by atoms with Gasteiger partial charge in [-0.2, -0.15) is 18.3 Å². The van der Waals surface area contributed by atoms with E-state index < -0.39 is 22.5 Å². The smallest absolute Gasteiger partial charge is 0.275 e. The number of nitrogens with one attached hydrogen (secondary N) is 1. The largest absolute Gasteiger partial charge is 0.442 e. The lowest BCUT2D eigenvalue weighted by Crippen LogP contribution is -2.08. The van der Waals surface area contributed by atoms with Crippen molar-refractivity contribution in [1.29, 1.82) is 0 Å². The van der Waals surface area contributed by atoms with Gasteiger partial charge in [0.1, 0.15) is 5.69 Å². The standard InChI is InChI=1S/C5H4F3N3O2/c1-2-3(11(12)13)4(10-9-2)5(6,7)8/h1H3,(H,9,10). The van der Waals surface area contributed by atoms with Gasteiger partial charge < -0.3 is 0 Å². The van der Waals surface area contributed by atoms with Gasteiger partial charge in [-0.3, -0.25) is 15.2 Å². The van der Waals surface area contributed by atoms with Crippen molar-refractivity contribution in [3.05, 3.63) is 21.5 Å². The van der Waals surface area contributed by atoms with Crippen LogP contribution < -0.4 is 0 Å². The van der Waals surface area contributed by atoms with Crippen LogP contribution >= 0.6 is 0 Å². The molecule has 0 aromatic carbocycles. The highest BCUT2D eigenvalue weighted by molar-refractivity contribution is 5.41. The summed E-state index contributed by atoms with van der Waals surface area (Å²) in [5.41, 5.74) is -2.72. The average molecular weight is 195 g/mol. The predicted molar refractivity (Wildman–Crippen MR) is 35.0 cm³/mol. The number of halogens is 3. The SMILES string of the molecule is Cc1[nH]nc(C(F)(F)F)c1[N+](=O)[O-]. The highest BCUT2D eigenvalue weighted by Gasteiger charge is 2.42. The molecule has 0 spiro atoms.